The van der Waals surface area contributed by atoms with Crippen LogP contribution in [-0.4, -0.2) is 27.6 Å². The Morgan fingerprint density at radius 2 is 1.88 bits per heavy atom. The van der Waals surface area contributed by atoms with Gasteiger partial charge in [0.15, 0.2) is 5.82 Å². The molecule has 0 aliphatic heterocycles. The summed E-state index contributed by atoms with van der Waals surface area (Å²) in [7, 11) is 0. The van der Waals surface area contributed by atoms with E-state index in [1.807, 2.05) is 0 Å². The summed E-state index contributed by atoms with van der Waals surface area (Å²) in [5, 5.41) is 10.9. The fourth-order valence-corrected chi connectivity index (χ4v) is 2.96. The Hall–Kier alpha value is -3.55. The van der Waals surface area contributed by atoms with Crippen molar-refractivity contribution in [3.8, 4) is 17.1 Å². The van der Waals surface area contributed by atoms with Crippen LogP contribution < -0.4 is 15.6 Å². The van der Waals surface area contributed by atoms with E-state index in [9.17, 15) is 14.0 Å². The molecule has 1 aromatic heterocycles. The number of nitrogens with one attached hydrogen (secondary N) is 2. The van der Waals surface area contributed by atoms with Crippen molar-refractivity contribution in [2.45, 2.75) is 39.7 Å². The molecule has 0 bridgehead atoms. The number of nitrogens with zero attached hydrogens (tertiary/aromatic N) is 2. The van der Waals surface area contributed by atoms with Gasteiger partial charge in [-0.2, -0.15) is 0 Å². The van der Waals surface area contributed by atoms with E-state index in [1.165, 1.54) is 6.07 Å². The number of H-pyrrole nitrogens is 1. The van der Waals surface area contributed by atoms with Crippen LogP contribution in [0.2, 0.25) is 0 Å². The molecule has 0 atom stereocenters. The van der Waals surface area contributed by atoms with Gasteiger partial charge in [0.05, 0.1) is 0 Å². The number of ether oxygens (including phenoxy) is 1. The molecule has 0 unspecified atom stereocenters. The summed E-state index contributed by atoms with van der Waals surface area (Å²) < 4.78 is 19.3. The minimum Gasteiger partial charge on any atom is -0.489 e. The van der Waals surface area contributed by atoms with E-state index in [-0.39, 0.29) is 42.4 Å². The SMILES string of the molecule is CC(C)CCNC(=O)CCc1nnc(-c2ccc(OCc3ccccc3F)cc2)[nH]c1=O. The molecule has 2 N–H and O–H groups in total. The number of rotatable bonds is 10. The number of benzene rings is 2. The monoisotopic (exact) mass is 438 g/mol. The predicted molar refractivity (Wildman–Crippen MR) is 120 cm³/mol. The van der Waals surface area contributed by atoms with Crippen molar-refractivity contribution >= 4 is 5.91 Å². The number of aryl methyl sites for hydroxylation is 1. The minimum absolute atomic E-state index is 0.109. The molecule has 32 heavy (non-hydrogen) atoms. The normalized spacial score (nSPS) is 10.9. The molecular formula is C24H27FN4O3. The Kier molecular flexibility index (Phi) is 8.08. The Morgan fingerprint density at radius 3 is 2.56 bits per heavy atom. The highest BCUT2D eigenvalue weighted by atomic mass is 19.1. The molecule has 0 spiro atoms. The molecule has 0 fully saturated rings. The Bertz CT molecular complexity index is 1100. The van der Waals surface area contributed by atoms with Gasteiger partial charge in [-0.1, -0.05) is 32.0 Å². The largest absolute Gasteiger partial charge is 0.489 e. The number of carbonyl (C=O) groups excluding carboxylic acids is 1. The van der Waals surface area contributed by atoms with Crippen LogP contribution in [0.15, 0.2) is 53.3 Å². The van der Waals surface area contributed by atoms with Crippen LogP contribution in [0.1, 0.15) is 37.9 Å². The maximum Gasteiger partial charge on any atom is 0.273 e. The van der Waals surface area contributed by atoms with Crippen molar-refractivity contribution in [2.75, 3.05) is 6.54 Å². The van der Waals surface area contributed by atoms with E-state index in [1.54, 1.807) is 42.5 Å². The van der Waals surface area contributed by atoms with E-state index in [0.29, 0.717) is 35.2 Å². The second-order valence-electron chi connectivity index (χ2n) is 7.89. The Morgan fingerprint density at radius 1 is 1.12 bits per heavy atom. The van der Waals surface area contributed by atoms with Crippen molar-refractivity contribution < 1.29 is 13.9 Å². The van der Waals surface area contributed by atoms with Gasteiger partial charge in [0.1, 0.15) is 23.9 Å². The number of aromatic amines is 1. The van der Waals surface area contributed by atoms with Crippen LogP contribution in [0.25, 0.3) is 11.4 Å². The topological polar surface area (TPSA) is 97.0 Å². The first-order valence-corrected chi connectivity index (χ1v) is 10.6. The number of aromatic nitrogens is 3. The van der Waals surface area contributed by atoms with Gasteiger partial charge >= 0.3 is 0 Å². The second kappa shape index (κ2) is 11.2. The lowest BCUT2D eigenvalue weighted by atomic mass is 10.1. The molecule has 0 saturated heterocycles. The van der Waals surface area contributed by atoms with Crippen molar-refractivity contribution in [3.05, 3.63) is 76.0 Å². The van der Waals surface area contributed by atoms with Crippen molar-refractivity contribution in [2.24, 2.45) is 5.92 Å². The molecular weight excluding hydrogens is 411 g/mol. The van der Waals surface area contributed by atoms with Crippen LogP contribution in [0.4, 0.5) is 4.39 Å². The zero-order valence-corrected chi connectivity index (χ0v) is 18.2. The van der Waals surface area contributed by atoms with Gasteiger partial charge < -0.3 is 15.0 Å². The van der Waals surface area contributed by atoms with Gasteiger partial charge in [0, 0.05) is 30.5 Å². The summed E-state index contributed by atoms with van der Waals surface area (Å²) >= 11 is 0. The molecule has 0 aliphatic rings. The molecule has 2 aromatic carbocycles. The lowest BCUT2D eigenvalue weighted by Gasteiger charge is -2.08. The summed E-state index contributed by atoms with van der Waals surface area (Å²) in [6.07, 6.45) is 1.32. The summed E-state index contributed by atoms with van der Waals surface area (Å²) in [6.45, 7) is 4.92. The molecule has 0 radical (unpaired) electrons. The Balaban J connectivity index is 1.55. The van der Waals surface area contributed by atoms with Crippen LogP contribution in [-0.2, 0) is 17.8 Å². The number of hydrogen-bond acceptors (Lipinski definition) is 5. The number of carbonyl (C=O) groups is 1. The van der Waals surface area contributed by atoms with Gasteiger partial charge in [0.25, 0.3) is 5.56 Å². The van der Waals surface area contributed by atoms with Crippen LogP contribution in [0.3, 0.4) is 0 Å². The first-order chi connectivity index (χ1) is 15.4. The van der Waals surface area contributed by atoms with E-state index in [2.05, 4.69) is 34.3 Å². The smallest absolute Gasteiger partial charge is 0.273 e. The summed E-state index contributed by atoms with van der Waals surface area (Å²) in [4.78, 5) is 26.9. The highest BCUT2D eigenvalue weighted by molar-refractivity contribution is 5.76. The highest BCUT2D eigenvalue weighted by Crippen LogP contribution is 2.20. The van der Waals surface area contributed by atoms with Crippen LogP contribution in [0.5, 0.6) is 5.75 Å². The van der Waals surface area contributed by atoms with Crippen molar-refractivity contribution in [1.82, 2.24) is 20.5 Å². The lowest BCUT2D eigenvalue weighted by Crippen LogP contribution is -2.27. The molecule has 7 nitrogen and oxygen atoms in total. The average molecular weight is 439 g/mol. The van der Waals surface area contributed by atoms with Crippen molar-refractivity contribution in [1.29, 1.82) is 0 Å². The third-order valence-corrected chi connectivity index (χ3v) is 4.88. The van der Waals surface area contributed by atoms with E-state index in [4.69, 9.17) is 4.74 Å². The summed E-state index contributed by atoms with van der Waals surface area (Å²) in [6, 6.07) is 13.3. The Labute approximate surface area is 186 Å². The van der Waals surface area contributed by atoms with Crippen LogP contribution >= 0.6 is 0 Å². The fraction of sp³-hybridized carbons (Fsp3) is 0.333. The van der Waals surface area contributed by atoms with Gasteiger partial charge in [-0.3, -0.25) is 9.59 Å². The molecule has 3 rings (SSSR count). The first kappa shape index (κ1) is 23.1. The number of halogens is 1. The van der Waals surface area contributed by atoms with Gasteiger partial charge in [-0.15, -0.1) is 10.2 Å². The fourth-order valence-electron chi connectivity index (χ4n) is 2.96. The van der Waals surface area contributed by atoms with Gasteiger partial charge in [-0.05, 0) is 42.7 Å². The molecule has 0 saturated carbocycles. The van der Waals surface area contributed by atoms with Crippen LogP contribution in [0, 0.1) is 11.7 Å². The molecule has 0 aliphatic carbocycles. The quantitative estimate of drug-likeness (QED) is 0.504. The maximum atomic E-state index is 13.7. The molecule has 3 aromatic rings. The van der Waals surface area contributed by atoms with E-state index >= 15 is 0 Å². The maximum absolute atomic E-state index is 13.7. The molecule has 8 heteroatoms. The van der Waals surface area contributed by atoms with Crippen molar-refractivity contribution in [3.63, 3.8) is 0 Å². The molecule has 1 amide bonds. The summed E-state index contributed by atoms with van der Waals surface area (Å²) in [5.41, 5.74) is 0.976. The minimum atomic E-state index is -0.371. The van der Waals surface area contributed by atoms with E-state index in [0.717, 1.165) is 6.42 Å². The van der Waals surface area contributed by atoms with Gasteiger partial charge in [0.2, 0.25) is 5.91 Å². The lowest BCUT2D eigenvalue weighted by molar-refractivity contribution is -0.121. The van der Waals surface area contributed by atoms with E-state index < -0.39 is 0 Å². The second-order valence-corrected chi connectivity index (χ2v) is 7.89. The average Bonchev–Trinajstić information content (AvgIpc) is 2.78. The highest BCUT2D eigenvalue weighted by Gasteiger charge is 2.10. The number of hydrogen-bond donors (Lipinski definition) is 2. The third kappa shape index (κ3) is 6.73. The number of amides is 1. The zero-order valence-electron chi connectivity index (χ0n) is 18.2. The van der Waals surface area contributed by atoms with Gasteiger partial charge in [-0.25, -0.2) is 4.39 Å². The standard InChI is InChI=1S/C24H27FN4O3/c1-16(2)13-14-26-22(30)12-11-21-24(31)27-23(29-28-21)17-7-9-19(10-8-17)32-15-18-5-3-4-6-20(18)25/h3-10,16H,11-15H2,1-2H3,(H,26,30)(H,27,29,31). The molecule has 168 valence electrons. The zero-order chi connectivity index (χ0) is 22.9. The summed E-state index contributed by atoms with van der Waals surface area (Å²) in [5.74, 6) is 0.976. The predicted octanol–water partition coefficient (Wildman–Crippen LogP) is 3.64. The first-order valence-electron chi connectivity index (χ1n) is 10.6. The third-order valence-electron chi connectivity index (χ3n) is 4.88. The molecule has 1 heterocycles.